The van der Waals surface area contributed by atoms with Crippen LogP contribution >= 0.6 is 27.7 Å². The van der Waals surface area contributed by atoms with Gasteiger partial charge in [0.2, 0.25) is 0 Å². The van der Waals surface area contributed by atoms with Gasteiger partial charge in [-0.3, -0.25) is 0 Å². The number of fused-ring (bicyclic) bond motifs is 1. The summed E-state index contributed by atoms with van der Waals surface area (Å²) in [6.45, 7) is 1.10. The van der Waals surface area contributed by atoms with Gasteiger partial charge >= 0.3 is 0 Å². The lowest BCUT2D eigenvalue weighted by atomic mass is 10.1. The largest absolute Gasteiger partial charge is 0.380 e. The van der Waals surface area contributed by atoms with Crippen molar-refractivity contribution >= 4 is 33.4 Å². The zero-order chi connectivity index (χ0) is 11.4. The molecular weight excluding hydrogens is 284 g/mol. The van der Waals surface area contributed by atoms with E-state index in [1.165, 1.54) is 33.7 Å². The Balaban J connectivity index is 1.97. The summed E-state index contributed by atoms with van der Waals surface area (Å²) in [4.78, 5) is 1.36. The van der Waals surface area contributed by atoms with Crippen molar-refractivity contribution in [3.8, 4) is 0 Å². The first-order valence-electron chi connectivity index (χ1n) is 5.63. The number of para-hydroxylation sites is 1. The number of benzene rings is 1. The van der Waals surface area contributed by atoms with E-state index in [0.29, 0.717) is 6.04 Å². The second-order valence-electron chi connectivity index (χ2n) is 4.01. The van der Waals surface area contributed by atoms with Crippen molar-refractivity contribution in [2.45, 2.75) is 23.8 Å². The molecule has 0 amide bonds. The first-order valence-corrected chi connectivity index (χ1v) is 7.41. The molecule has 0 saturated carbocycles. The molecule has 0 aromatic heterocycles. The SMILES string of the molecule is CNCCCC1CSc2cccc(Br)c2N1. The maximum absolute atomic E-state index is 3.63. The van der Waals surface area contributed by atoms with Crippen molar-refractivity contribution in [1.82, 2.24) is 5.32 Å². The van der Waals surface area contributed by atoms with Crippen LogP contribution in [0.4, 0.5) is 5.69 Å². The summed E-state index contributed by atoms with van der Waals surface area (Å²) in [6.07, 6.45) is 2.46. The van der Waals surface area contributed by atoms with Gasteiger partial charge in [-0.1, -0.05) is 6.07 Å². The van der Waals surface area contributed by atoms with E-state index < -0.39 is 0 Å². The average molecular weight is 301 g/mol. The number of hydrogen-bond acceptors (Lipinski definition) is 3. The van der Waals surface area contributed by atoms with Crippen LogP contribution in [0.25, 0.3) is 0 Å². The molecule has 1 atom stereocenters. The van der Waals surface area contributed by atoms with Crippen LogP contribution in [0, 0.1) is 0 Å². The second kappa shape index (κ2) is 5.94. The third-order valence-corrected chi connectivity index (χ3v) is 4.62. The van der Waals surface area contributed by atoms with E-state index in [1.54, 1.807) is 0 Å². The summed E-state index contributed by atoms with van der Waals surface area (Å²) >= 11 is 5.56. The molecule has 0 fully saturated rings. The second-order valence-corrected chi connectivity index (χ2v) is 5.93. The van der Waals surface area contributed by atoms with Gasteiger partial charge in [0, 0.05) is 21.2 Å². The highest BCUT2D eigenvalue weighted by atomic mass is 79.9. The summed E-state index contributed by atoms with van der Waals surface area (Å²) in [5.41, 5.74) is 1.27. The van der Waals surface area contributed by atoms with Gasteiger partial charge in [-0.25, -0.2) is 0 Å². The molecule has 1 heterocycles. The molecule has 2 rings (SSSR count). The minimum Gasteiger partial charge on any atom is -0.380 e. The minimum absolute atomic E-state index is 0.601. The zero-order valence-electron chi connectivity index (χ0n) is 9.42. The van der Waals surface area contributed by atoms with Crippen LogP contribution in [-0.4, -0.2) is 25.4 Å². The Morgan fingerprint density at radius 3 is 3.25 bits per heavy atom. The van der Waals surface area contributed by atoms with Gasteiger partial charge < -0.3 is 10.6 Å². The summed E-state index contributed by atoms with van der Waals surface area (Å²) in [6, 6.07) is 6.98. The molecule has 1 aromatic rings. The van der Waals surface area contributed by atoms with Crippen molar-refractivity contribution in [2.24, 2.45) is 0 Å². The molecular formula is C12H17BrN2S. The van der Waals surface area contributed by atoms with Crippen molar-refractivity contribution < 1.29 is 0 Å². The third-order valence-electron chi connectivity index (χ3n) is 2.74. The van der Waals surface area contributed by atoms with Gasteiger partial charge in [-0.15, -0.1) is 11.8 Å². The van der Waals surface area contributed by atoms with Gasteiger partial charge in [0.25, 0.3) is 0 Å². The molecule has 88 valence electrons. The first kappa shape index (κ1) is 12.3. The molecule has 0 aliphatic carbocycles. The van der Waals surface area contributed by atoms with Crippen LogP contribution in [0.15, 0.2) is 27.6 Å². The van der Waals surface area contributed by atoms with E-state index in [0.717, 1.165) is 6.54 Å². The molecule has 0 radical (unpaired) electrons. The van der Waals surface area contributed by atoms with Crippen LogP contribution in [0.2, 0.25) is 0 Å². The highest BCUT2D eigenvalue weighted by molar-refractivity contribution is 9.10. The highest BCUT2D eigenvalue weighted by Gasteiger charge is 2.19. The summed E-state index contributed by atoms with van der Waals surface area (Å²) in [7, 11) is 2.01. The first-order chi connectivity index (χ1) is 7.81. The zero-order valence-corrected chi connectivity index (χ0v) is 11.8. The Bertz CT molecular complexity index is 357. The van der Waals surface area contributed by atoms with Crippen LogP contribution in [-0.2, 0) is 0 Å². The van der Waals surface area contributed by atoms with E-state index in [9.17, 15) is 0 Å². The van der Waals surface area contributed by atoms with E-state index in [-0.39, 0.29) is 0 Å². The molecule has 1 aliphatic heterocycles. The average Bonchev–Trinajstić information content (AvgIpc) is 2.30. The topological polar surface area (TPSA) is 24.1 Å². The van der Waals surface area contributed by atoms with Crippen LogP contribution < -0.4 is 10.6 Å². The molecule has 1 aromatic carbocycles. The fourth-order valence-electron chi connectivity index (χ4n) is 1.88. The fourth-order valence-corrected chi connectivity index (χ4v) is 3.61. The number of nitrogens with one attached hydrogen (secondary N) is 2. The number of anilines is 1. The summed E-state index contributed by atoms with van der Waals surface area (Å²) in [5, 5.41) is 6.82. The van der Waals surface area contributed by atoms with Gasteiger partial charge in [0.05, 0.1) is 5.69 Å². The number of rotatable bonds is 4. The maximum Gasteiger partial charge on any atom is 0.0625 e. The van der Waals surface area contributed by atoms with Crippen molar-refractivity contribution in [1.29, 1.82) is 0 Å². The van der Waals surface area contributed by atoms with Gasteiger partial charge in [-0.05, 0) is 54.5 Å². The molecule has 4 heteroatoms. The molecule has 2 nitrogen and oxygen atoms in total. The standard InChI is InChI=1S/C12H17BrN2S/c1-14-7-3-4-9-8-16-11-6-2-5-10(13)12(11)15-9/h2,5-6,9,14-15H,3-4,7-8H2,1H3. The van der Waals surface area contributed by atoms with Gasteiger partial charge in [0.15, 0.2) is 0 Å². The lowest BCUT2D eigenvalue weighted by Gasteiger charge is -2.27. The summed E-state index contributed by atoms with van der Waals surface area (Å²) in [5.74, 6) is 1.17. The van der Waals surface area contributed by atoms with Crippen LogP contribution in [0.3, 0.4) is 0 Å². The lowest BCUT2D eigenvalue weighted by Crippen LogP contribution is -2.27. The van der Waals surface area contributed by atoms with Gasteiger partial charge in [0.1, 0.15) is 0 Å². The number of thioether (sulfide) groups is 1. The molecule has 0 spiro atoms. The Morgan fingerprint density at radius 1 is 1.56 bits per heavy atom. The number of hydrogen-bond donors (Lipinski definition) is 2. The van der Waals surface area contributed by atoms with Gasteiger partial charge in [-0.2, -0.15) is 0 Å². The van der Waals surface area contributed by atoms with Crippen LogP contribution in [0.1, 0.15) is 12.8 Å². The molecule has 0 bridgehead atoms. The Morgan fingerprint density at radius 2 is 2.44 bits per heavy atom. The quantitative estimate of drug-likeness (QED) is 0.834. The Hall–Kier alpha value is -0.190. The Labute approximate surface area is 110 Å². The predicted octanol–water partition coefficient (Wildman–Crippen LogP) is 3.33. The molecule has 1 aliphatic rings. The monoisotopic (exact) mass is 300 g/mol. The lowest BCUT2D eigenvalue weighted by molar-refractivity contribution is 0.626. The van der Waals surface area contributed by atoms with E-state index in [1.807, 2.05) is 18.8 Å². The van der Waals surface area contributed by atoms with Crippen molar-refractivity contribution in [2.75, 3.05) is 24.7 Å². The summed E-state index contributed by atoms with van der Waals surface area (Å²) < 4.78 is 1.18. The number of halogens is 1. The molecule has 2 N–H and O–H groups in total. The van der Waals surface area contributed by atoms with Crippen molar-refractivity contribution in [3.63, 3.8) is 0 Å². The van der Waals surface area contributed by atoms with E-state index in [4.69, 9.17) is 0 Å². The van der Waals surface area contributed by atoms with Crippen molar-refractivity contribution in [3.05, 3.63) is 22.7 Å². The highest BCUT2D eigenvalue weighted by Crippen LogP contribution is 2.38. The van der Waals surface area contributed by atoms with Crippen LogP contribution in [0.5, 0.6) is 0 Å². The maximum atomic E-state index is 3.63. The smallest absolute Gasteiger partial charge is 0.0625 e. The molecule has 16 heavy (non-hydrogen) atoms. The van der Waals surface area contributed by atoms with E-state index in [2.05, 4.69) is 44.8 Å². The van der Waals surface area contributed by atoms with E-state index >= 15 is 0 Å². The Kier molecular flexibility index (Phi) is 4.55. The fraction of sp³-hybridized carbons (Fsp3) is 0.500. The molecule has 0 saturated heterocycles. The normalized spacial score (nSPS) is 19.0. The minimum atomic E-state index is 0.601. The third kappa shape index (κ3) is 2.93. The predicted molar refractivity (Wildman–Crippen MR) is 75.4 cm³/mol. The molecule has 1 unspecified atom stereocenters.